The molecule has 0 aromatic heterocycles. The van der Waals surface area contributed by atoms with Crippen molar-refractivity contribution in [3.8, 4) is 0 Å². The molecule has 0 spiro atoms. The average Bonchev–Trinajstić information content (AvgIpc) is 3.61. The third kappa shape index (κ3) is 23.6. The molecule has 0 heterocycles. The Morgan fingerprint density at radius 1 is 0.395 bits per heavy atom. The van der Waals surface area contributed by atoms with Crippen molar-refractivity contribution in [2.24, 2.45) is 5.41 Å². The second-order valence-corrected chi connectivity index (χ2v) is 23.1. The van der Waals surface area contributed by atoms with E-state index in [1.807, 2.05) is 80.5 Å². The van der Waals surface area contributed by atoms with Gasteiger partial charge < -0.3 is 58.6 Å². The number of hydrogen-bond acceptors (Lipinski definition) is 12. The van der Waals surface area contributed by atoms with E-state index in [0.29, 0.717) is 79.3 Å². The lowest BCUT2D eigenvalue weighted by atomic mass is 9.87. The number of fused-ring (bicyclic) bond motifs is 3. The number of rotatable bonds is 40. The van der Waals surface area contributed by atoms with Gasteiger partial charge in [-0.1, -0.05) is 61.5 Å². The van der Waals surface area contributed by atoms with Crippen molar-refractivity contribution in [2.75, 3.05) is 79.3 Å². The number of hydrogen-bond donors (Lipinski definition) is 3. The van der Waals surface area contributed by atoms with Gasteiger partial charge in [-0.15, -0.1) is 0 Å². The fourth-order valence-electron chi connectivity index (χ4n) is 9.34. The molecule has 0 radical (unpaired) electrons. The first kappa shape index (κ1) is 65.1. The average molecular weight is 1120 g/mol. The third-order valence-electron chi connectivity index (χ3n) is 14.9. The Labute approximate surface area is 483 Å². The van der Waals surface area contributed by atoms with Crippen LogP contribution in [0.25, 0.3) is 18.2 Å². The van der Waals surface area contributed by atoms with Crippen molar-refractivity contribution in [3.05, 3.63) is 123 Å². The molecule has 0 saturated carbocycles. The van der Waals surface area contributed by atoms with Gasteiger partial charge in [-0.3, -0.25) is 14.4 Å². The molecule has 0 fully saturated rings. The molecule has 15 heteroatoms. The summed E-state index contributed by atoms with van der Waals surface area (Å²) >= 11 is 0. The van der Waals surface area contributed by atoms with Crippen LogP contribution in [0.2, 0.25) is 0 Å². The maximum Gasteiger partial charge on any atom is 0.244 e. The molecule has 3 N–H and O–H groups in total. The first-order valence-corrected chi connectivity index (χ1v) is 29.7. The summed E-state index contributed by atoms with van der Waals surface area (Å²) in [5.74, 6) is -0.473. The highest BCUT2D eigenvalue weighted by Gasteiger charge is 2.31. The molecule has 9 unspecified atom stereocenters. The highest BCUT2D eigenvalue weighted by molar-refractivity contribution is 5.93. The maximum absolute atomic E-state index is 12.6. The van der Waals surface area contributed by atoms with E-state index >= 15 is 0 Å². The maximum atomic E-state index is 12.6. The quantitative estimate of drug-likeness (QED) is 0.0464. The zero-order valence-electron chi connectivity index (χ0n) is 50.2. The predicted octanol–water partition coefficient (Wildman–Crippen LogP) is 8.81. The van der Waals surface area contributed by atoms with Crippen LogP contribution in [0.3, 0.4) is 0 Å². The number of benzene rings is 3. The number of amides is 3. The molecule has 3 aromatic carbocycles. The van der Waals surface area contributed by atoms with E-state index in [4.69, 9.17) is 42.6 Å². The summed E-state index contributed by atoms with van der Waals surface area (Å²) in [7, 11) is 0. The number of carbonyl (C=O) groups excluding carboxylic acids is 3. The van der Waals surface area contributed by atoms with Crippen LogP contribution in [-0.4, -0.2) is 152 Å². The molecule has 446 valence electrons. The molecule has 9 atom stereocenters. The van der Waals surface area contributed by atoms with E-state index in [-0.39, 0.29) is 72.5 Å². The summed E-state index contributed by atoms with van der Waals surface area (Å²) in [6, 6.07) is 18.5. The number of carbonyl (C=O) groups is 3. The monoisotopic (exact) mass is 1120 g/mol. The minimum atomic E-state index is -0.477. The van der Waals surface area contributed by atoms with Crippen LogP contribution in [0.4, 0.5) is 0 Å². The van der Waals surface area contributed by atoms with Crippen LogP contribution in [0.15, 0.2) is 72.8 Å². The fraction of sp³-hybridized carbons (Fsp3) is 0.591. The number of nitrogens with one attached hydrogen (secondary N) is 3. The molecule has 0 saturated heterocycles. The Hall–Kier alpha value is -5.07. The van der Waals surface area contributed by atoms with Crippen LogP contribution in [0.1, 0.15) is 126 Å². The predicted molar refractivity (Wildman–Crippen MR) is 319 cm³/mol. The normalized spacial score (nSPS) is 17.7. The molecule has 6 rings (SSSR count). The lowest BCUT2D eigenvalue weighted by molar-refractivity contribution is -0.121. The van der Waals surface area contributed by atoms with Crippen molar-refractivity contribution in [1.82, 2.24) is 16.0 Å². The fourth-order valence-corrected chi connectivity index (χ4v) is 9.34. The standard InChI is InChI=1S/C66H95N3O12/c1-11-66(42-73-36-48(5)79-39-51(8)76-33-45(2)67-63(70)27-15-54-12-18-57-21-24-60(57)30-54,43-74-37-49(6)80-40-52(9)77-34-46(3)68-64(71)28-16-55-13-19-58-22-25-61(58)31-55)44-75-38-50(7)81-41-53(10)78-35-47(4)69-65(72)29-17-56-14-20-59-23-26-62(59)32-56/h12-20,27-32,45-53H,11,21-26,33-44H2,1-10H3,(H,67,70)(H,68,71)(H,69,72)/b27-15+,28-16+,29-17+. The molecule has 3 aliphatic rings. The van der Waals surface area contributed by atoms with Gasteiger partial charge in [0, 0.05) is 41.8 Å². The Morgan fingerprint density at radius 2 is 0.654 bits per heavy atom. The molecule has 15 nitrogen and oxygen atoms in total. The number of ether oxygens (including phenoxy) is 9. The second-order valence-electron chi connectivity index (χ2n) is 23.1. The van der Waals surface area contributed by atoms with Crippen molar-refractivity contribution >= 4 is 35.9 Å². The van der Waals surface area contributed by atoms with Crippen LogP contribution in [0, 0.1) is 5.41 Å². The zero-order valence-corrected chi connectivity index (χ0v) is 50.2. The van der Waals surface area contributed by atoms with Crippen molar-refractivity contribution in [3.63, 3.8) is 0 Å². The summed E-state index contributed by atoms with van der Waals surface area (Å²) in [5, 5.41) is 8.95. The SMILES string of the molecule is CCC(COCC(C)OCC(C)OCC(C)NC(=O)/C=C/c1ccc2c(c1)CC2)(COCC(C)OCC(C)OCC(C)NC(=O)/C=C/c1ccc2c(c1)CC2)COCC(C)OCC(C)OCC(C)NC(=O)/C=C/c1ccc2c(c1)CC2. The molecule has 81 heavy (non-hydrogen) atoms. The van der Waals surface area contributed by atoms with Gasteiger partial charge in [-0.25, -0.2) is 0 Å². The van der Waals surface area contributed by atoms with Gasteiger partial charge in [0.2, 0.25) is 17.7 Å². The first-order chi connectivity index (χ1) is 38.9. The Balaban J connectivity index is 0.883. The van der Waals surface area contributed by atoms with E-state index in [9.17, 15) is 14.4 Å². The van der Waals surface area contributed by atoms with Crippen molar-refractivity contribution in [1.29, 1.82) is 0 Å². The van der Waals surface area contributed by atoms with E-state index < -0.39 is 5.41 Å². The summed E-state index contributed by atoms with van der Waals surface area (Å²) < 4.78 is 55.6. The van der Waals surface area contributed by atoms with Crippen molar-refractivity contribution < 1.29 is 57.0 Å². The molecular formula is C66H95N3O12. The smallest absolute Gasteiger partial charge is 0.244 e. The Kier molecular flexibility index (Phi) is 27.2. The van der Waals surface area contributed by atoms with E-state index in [2.05, 4.69) is 77.5 Å². The topological polar surface area (TPSA) is 170 Å². The highest BCUT2D eigenvalue weighted by atomic mass is 16.6. The van der Waals surface area contributed by atoms with Crippen LogP contribution in [0.5, 0.6) is 0 Å². The van der Waals surface area contributed by atoms with Gasteiger partial charge in [-0.05, 0) is 176 Å². The lowest BCUT2D eigenvalue weighted by Crippen LogP contribution is -2.40. The molecule has 0 bridgehead atoms. The van der Waals surface area contributed by atoms with Crippen LogP contribution < -0.4 is 16.0 Å². The van der Waals surface area contributed by atoms with Gasteiger partial charge in [0.05, 0.1) is 116 Å². The molecule has 3 aromatic rings. The molecule has 3 aliphatic carbocycles. The minimum absolute atomic E-state index is 0.158. The summed E-state index contributed by atoms with van der Waals surface area (Å²) in [5.41, 5.74) is 10.9. The highest BCUT2D eigenvalue weighted by Crippen LogP contribution is 2.27. The second kappa shape index (κ2) is 33.9. The first-order valence-electron chi connectivity index (χ1n) is 29.7. The van der Waals surface area contributed by atoms with Crippen LogP contribution >= 0.6 is 0 Å². The third-order valence-corrected chi connectivity index (χ3v) is 14.9. The Bertz CT molecular complexity index is 2260. The zero-order chi connectivity index (χ0) is 58.2. The summed E-state index contributed by atoms with van der Waals surface area (Å²) in [4.78, 5) is 37.8. The van der Waals surface area contributed by atoms with Crippen molar-refractivity contribution in [2.45, 2.75) is 169 Å². The largest absolute Gasteiger partial charge is 0.378 e. The minimum Gasteiger partial charge on any atom is -0.378 e. The van der Waals surface area contributed by atoms with E-state index in [1.54, 1.807) is 18.2 Å². The van der Waals surface area contributed by atoms with E-state index in [1.165, 1.54) is 33.4 Å². The van der Waals surface area contributed by atoms with Gasteiger partial charge in [0.15, 0.2) is 0 Å². The lowest BCUT2D eigenvalue weighted by Gasteiger charge is -2.33. The summed E-state index contributed by atoms with van der Waals surface area (Å²) in [6.45, 7) is 24.0. The molecule has 0 aliphatic heterocycles. The molecule has 3 amide bonds. The summed E-state index contributed by atoms with van der Waals surface area (Å²) in [6.07, 6.45) is 16.5. The van der Waals surface area contributed by atoms with E-state index in [0.717, 1.165) is 61.6 Å². The van der Waals surface area contributed by atoms with Gasteiger partial charge >= 0.3 is 0 Å². The van der Waals surface area contributed by atoms with Gasteiger partial charge in [0.1, 0.15) is 0 Å². The van der Waals surface area contributed by atoms with Gasteiger partial charge in [0.25, 0.3) is 0 Å². The molecular weight excluding hydrogens is 1030 g/mol. The number of aryl methyl sites for hydroxylation is 6. The van der Waals surface area contributed by atoms with Crippen LogP contribution in [-0.2, 0) is 95.5 Å². The van der Waals surface area contributed by atoms with Gasteiger partial charge in [-0.2, -0.15) is 0 Å². The Morgan fingerprint density at radius 3 is 0.901 bits per heavy atom.